The van der Waals surface area contributed by atoms with Crippen LogP contribution >= 0.6 is 11.8 Å². The van der Waals surface area contributed by atoms with Crippen LogP contribution in [0.2, 0.25) is 0 Å². The SMILES string of the molecule is COCCn1c(C)nc2c3c(c(OC)cc21)-c1cccn2c(Cc4cc(F)c(NC(=O)/C=C/CNC5(C)CC5)c(F)c4)cc(c12)CCS3. The number of nitrogens with one attached hydrogen (secondary N) is 2. The normalized spacial score (nSPS) is 15.1. The summed E-state index contributed by atoms with van der Waals surface area (Å²) < 4.78 is 46.1. The van der Waals surface area contributed by atoms with Crippen LogP contribution in [0.25, 0.3) is 27.7 Å². The molecule has 4 heterocycles. The van der Waals surface area contributed by atoms with Gasteiger partial charge in [0.15, 0.2) is 0 Å². The van der Waals surface area contributed by atoms with Crippen LogP contribution in [0.5, 0.6) is 5.75 Å². The van der Waals surface area contributed by atoms with Crippen LogP contribution in [0.4, 0.5) is 14.5 Å². The van der Waals surface area contributed by atoms with E-state index in [0.717, 1.165) is 80.4 Å². The number of ether oxygens (including phenoxy) is 2. The maximum absolute atomic E-state index is 15.2. The molecule has 250 valence electrons. The third-order valence-corrected chi connectivity index (χ3v) is 10.5. The number of pyridine rings is 1. The van der Waals surface area contributed by atoms with Crippen LogP contribution in [0.1, 0.15) is 42.4 Å². The highest BCUT2D eigenvalue weighted by Crippen LogP contribution is 2.47. The summed E-state index contributed by atoms with van der Waals surface area (Å²) in [6.45, 7) is 5.92. The first-order valence-corrected chi connectivity index (χ1v) is 17.2. The first-order valence-electron chi connectivity index (χ1n) is 16.2. The highest BCUT2D eigenvalue weighted by atomic mass is 32.2. The molecular weight excluding hydrogens is 633 g/mol. The van der Waals surface area contributed by atoms with Gasteiger partial charge in [0, 0.05) is 78.0 Å². The van der Waals surface area contributed by atoms with Gasteiger partial charge in [-0.2, -0.15) is 0 Å². The number of carbonyl (C=O) groups excluding carboxylic acids is 1. The zero-order chi connectivity index (χ0) is 33.6. The molecule has 1 aliphatic heterocycles. The second-order valence-electron chi connectivity index (χ2n) is 12.8. The van der Waals surface area contributed by atoms with Crippen LogP contribution in [0.3, 0.4) is 0 Å². The zero-order valence-corrected chi connectivity index (χ0v) is 28.4. The Hall–Kier alpha value is -4.19. The van der Waals surface area contributed by atoms with Gasteiger partial charge in [-0.05, 0) is 68.5 Å². The van der Waals surface area contributed by atoms with Crippen molar-refractivity contribution in [2.75, 3.05) is 38.4 Å². The predicted molar refractivity (Wildman–Crippen MR) is 186 cm³/mol. The standard InChI is InChI=1S/C37H39F2N5O3S/c1-22-41-34-29(43(22)14-15-46-3)21-30(47-4)32-26-7-6-13-44-25(20-24(35(26)44)9-16-48-36(32)34)17-23-18-27(38)33(28(39)19-23)42-31(45)8-5-12-40-37(2)10-11-37/h5-8,13,18-21,40H,9-12,14-17H2,1-4H3,(H,42,45)/b8-5+. The Bertz CT molecular complexity index is 2060. The van der Waals surface area contributed by atoms with E-state index < -0.39 is 23.2 Å². The molecule has 48 heavy (non-hydrogen) atoms. The van der Waals surface area contributed by atoms with Crippen LogP contribution < -0.4 is 15.4 Å². The molecule has 0 saturated heterocycles. The average molecular weight is 672 g/mol. The van der Waals surface area contributed by atoms with Gasteiger partial charge in [-0.1, -0.05) is 12.1 Å². The van der Waals surface area contributed by atoms with Gasteiger partial charge in [0.2, 0.25) is 5.91 Å². The first-order chi connectivity index (χ1) is 23.2. The lowest BCUT2D eigenvalue weighted by Crippen LogP contribution is -2.27. The maximum Gasteiger partial charge on any atom is 0.248 e. The minimum absolute atomic E-state index is 0.135. The summed E-state index contributed by atoms with van der Waals surface area (Å²) in [4.78, 5) is 18.5. The third-order valence-electron chi connectivity index (χ3n) is 9.38. The van der Waals surface area contributed by atoms with E-state index in [1.807, 2.05) is 19.2 Å². The van der Waals surface area contributed by atoms with E-state index in [2.05, 4.69) is 44.7 Å². The number of benzene rings is 2. The van der Waals surface area contributed by atoms with E-state index in [1.54, 1.807) is 32.1 Å². The Morgan fingerprint density at radius 3 is 2.69 bits per heavy atom. The van der Waals surface area contributed by atoms with E-state index in [-0.39, 0.29) is 5.54 Å². The number of halogens is 2. The lowest BCUT2D eigenvalue weighted by Gasteiger charge is -2.19. The Balaban J connectivity index is 1.21. The number of fused-ring (bicyclic) bond motifs is 4. The molecule has 11 heteroatoms. The molecule has 2 N–H and O–H groups in total. The number of imidazole rings is 1. The van der Waals surface area contributed by atoms with Gasteiger partial charge in [0.25, 0.3) is 0 Å². The number of thioether (sulfide) groups is 1. The van der Waals surface area contributed by atoms with E-state index in [1.165, 1.54) is 18.2 Å². The van der Waals surface area contributed by atoms with Crippen molar-refractivity contribution in [3.8, 4) is 16.9 Å². The van der Waals surface area contributed by atoms with Gasteiger partial charge < -0.3 is 29.1 Å². The van der Waals surface area contributed by atoms with E-state index in [9.17, 15) is 4.79 Å². The zero-order valence-electron chi connectivity index (χ0n) is 27.6. The Kier molecular flexibility index (Phi) is 8.78. The molecule has 7 rings (SSSR count). The van der Waals surface area contributed by atoms with Crippen molar-refractivity contribution in [2.24, 2.45) is 0 Å². The van der Waals surface area contributed by atoms with Crippen molar-refractivity contribution in [3.63, 3.8) is 0 Å². The highest BCUT2D eigenvalue weighted by Gasteiger charge is 2.35. The highest BCUT2D eigenvalue weighted by molar-refractivity contribution is 7.99. The summed E-state index contributed by atoms with van der Waals surface area (Å²) in [5.74, 6) is 0.308. The second-order valence-corrected chi connectivity index (χ2v) is 13.9. The molecule has 2 aliphatic rings. The minimum Gasteiger partial charge on any atom is -0.496 e. The van der Waals surface area contributed by atoms with Crippen molar-refractivity contribution < 1.29 is 23.0 Å². The molecule has 1 saturated carbocycles. The average Bonchev–Trinajstić information content (AvgIpc) is 3.57. The lowest BCUT2D eigenvalue weighted by atomic mass is 10.0. The number of anilines is 1. The molecule has 2 aromatic carbocycles. The minimum atomic E-state index is -0.811. The number of carbonyl (C=O) groups is 1. The number of methoxy groups -OCH3 is 2. The topological polar surface area (TPSA) is 81.8 Å². The van der Waals surface area contributed by atoms with Gasteiger partial charge in [-0.3, -0.25) is 4.79 Å². The molecule has 0 atom stereocenters. The second kappa shape index (κ2) is 13.0. The van der Waals surface area contributed by atoms with Crippen LogP contribution in [0, 0.1) is 18.6 Å². The van der Waals surface area contributed by atoms with E-state index in [4.69, 9.17) is 14.5 Å². The monoisotopic (exact) mass is 671 g/mol. The Morgan fingerprint density at radius 2 is 1.96 bits per heavy atom. The van der Waals surface area contributed by atoms with Crippen LogP contribution in [-0.4, -0.2) is 58.5 Å². The number of nitrogens with zero attached hydrogens (tertiary/aromatic N) is 3. The summed E-state index contributed by atoms with van der Waals surface area (Å²) in [7, 11) is 3.39. The largest absolute Gasteiger partial charge is 0.496 e. The summed E-state index contributed by atoms with van der Waals surface area (Å²) in [6, 6.07) is 10.9. The molecule has 0 spiro atoms. The number of amides is 1. The van der Waals surface area contributed by atoms with Gasteiger partial charge in [0.05, 0.1) is 24.8 Å². The van der Waals surface area contributed by atoms with Gasteiger partial charge in [-0.25, -0.2) is 13.8 Å². The molecule has 5 aromatic rings. The summed E-state index contributed by atoms with van der Waals surface area (Å²) in [5.41, 5.74) is 7.24. The smallest absolute Gasteiger partial charge is 0.248 e. The van der Waals surface area contributed by atoms with Crippen LogP contribution in [-0.2, 0) is 28.9 Å². The van der Waals surface area contributed by atoms with Gasteiger partial charge >= 0.3 is 0 Å². The van der Waals surface area contributed by atoms with Crippen molar-refractivity contribution >= 4 is 39.9 Å². The Morgan fingerprint density at radius 1 is 1.17 bits per heavy atom. The summed E-state index contributed by atoms with van der Waals surface area (Å²) in [5, 5.41) is 5.70. The van der Waals surface area contributed by atoms with Crippen molar-refractivity contribution in [2.45, 2.75) is 56.5 Å². The van der Waals surface area contributed by atoms with Crippen molar-refractivity contribution in [1.82, 2.24) is 19.3 Å². The number of aromatic nitrogens is 3. The van der Waals surface area contributed by atoms with E-state index >= 15 is 8.78 Å². The molecule has 0 unspecified atom stereocenters. The maximum atomic E-state index is 15.2. The van der Waals surface area contributed by atoms with Crippen LogP contribution in [0.15, 0.2) is 59.6 Å². The third kappa shape index (κ3) is 6.10. The Labute approximate surface area is 282 Å². The molecule has 0 radical (unpaired) electrons. The molecule has 3 aromatic heterocycles. The van der Waals surface area contributed by atoms with E-state index in [0.29, 0.717) is 31.7 Å². The molecular formula is C37H39F2N5O3S. The number of hydrogen-bond acceptors (Lipinski definition) is 6. The molecule has 0 bridgehead atoms. The molecule has 8 nitrogen and oxygen atoms in total. The number of rotatable bonds is 11. The first kappa shape index (κ1) is 32.4. The fraction of sp³-hybridized carbons (Fsp3) is 0.351. The quantitative estimate of drug-likeness (QED) is 0.146. The van der Waals surface area contributed by atoms with Crippen molar-refractivity contribution in [3.05, 3.63) is 89.0 Å². The fourth-order valence-corrected chi connectivity index (χ4v) is 7.77. The van der Waals surface area contributed by atoms with Gasteiger partial charge in [0.1, 0.15) is 34.4 Å². The number of aryl methyl sites for hydroxylation is 2. The molecule has 1 fully saturated rings. The number of hydrogen-bond donors (Lipinski definition) is 2. The fourth-order valence-electron chi connectivity index (χ4n) is 6.61. The lowest BCUT2D eigenvalue weighted by molar-refractivity contribution is -0.112. The summed E-state index contributed by atoms with van der Waals surface area (Å²) in [6.07, 6.45) is 8.27. The van der Waals surface area contributed by atoms with Crippen molar-refractivity contribution in [1.29, 1.82) is 0 Å². The molecule has 1 aliphatic carbocycles. The summed E-state index contributed by atoms with van der Waals surface area (Å²) >= 11 is 1.77. The molecule has 1 amide bonds. The van der Waals surface area contributed by atoms with Gasteiger partial charge in [-0.15, -0.1) is 11.8 Å². The predicted octanol–water partition coefficient (Wildman–Crippen LogP) is 7.07.